The second-order valence-corrected chi connectivity index (χ2v) is 10.3. The van der Waals surface area contributed by atoms with E-state index in [1.807, 2.05) is 12.1 Å². The van der Waals surface area contributed by atoms with Crippen molar-refractivity contribution in [1.82, 2.24) is 14.7 Å². The van der Waals surface area contributed by atoms with Gasteiger partial charge in [-0.2, -0.15) is 0 Å². The Morgan fingerprint density at radius 3 is 2.04 bits per heavy atom. The van der Waals surface area contributed by atoms with Crippen molar-refractivity contribution in [2.75, 3.05) is 58.5 Å². The lowest BCUT2D eigenvalue weighted by Crippen LogP contribution is -3.00. The molecule has 4 bridgehead atoms. The fourth-order valence-corrected chi connectivity index (χ4v) is 6.25. The molecule has 0 atom stereocenters. The second kappa shape index (κ2) is 9.72. The summed E-state index contributed by atoms with van der Waals surface area (Å²) in [7, 11) is 0. The summed E-state index contributed by atoms with van der Waals surface area (Å²) in [5, 5.41) is 0.985. The van der Waals surface area contributed by atoms with Crippen LogP contribution >= 0.6 is 47.8 Å². The summed E-state index contributed by atoms with van der Waals surface area (Å²) in [5.74, 6) is 0.960. The standard InChI is InChI=1S/C18H24Br3N4O2.BrH/c19-3-1-2-4-27-18-15(20)5-14(6-16(18)21)17(26)7-25-11-22-8-23(12-25)10-24(9-22)13-25;/h5-6H,1-4,7-13H2;1H/q+1;/p-1. The third-order valence-electron chi connectivity index (χ3n) is 5.27. The number of benzene rings is 1. The van der Waals surface area contributed by atoms with Gasteiger partial charge in [-0.1, -0.05) is 15.9 Å². The van der Waals surface area contributed by atoms with E-state index >= 15 is 0 Å². The van der Waals surface area contributed by atoms with Gasteiger partial charge in [-0.25, -0.2) is 14.7 Å². The lowest BCUT2D eigenvalue weighted by molar-refractivity contribution is -0.973. The van der Waals surface area contributed by atoms with Crippen molar-refractivity contribution in [2.24, 2.45) is 0 Å². The summed E-state index contributed by atoms with van der Waals surface area (Å²) >= 11 is 10.6. The summed E-state index contributed by atoms with van der Waals surface area (Å²) in [6, 6.07) is 3.80. The summed E-state index contributed by atoms with van der Waals surface area (Å²) in [5.41, 5.74) is 0.732. The molecule has 0 spiro atoms. The molecule has 1 aromatic carbocycles. The lowest BCUT2D eigenvalue weighted by atomic mass is 10.1. The Balaban J connectivity index is 0.00000225. The van der Waals surface area contributed by atoms with Crippen LogP contribution in [0.3, 0.4) is 0 Å². The molecule has 0 unspecified atom stereocenters. The Hall–Kier alpha value is 0.450. The second-order valence-electron chi connectivity index (χ2n) is 7.80. The number of rotatable bonds is 8. The van der Waals surface area contributed by atoms with Crippen LogP contribution < -0.4 is 21.7 Å². The number of carbonyl (C=O) groups excluding carboxylic acids is 1. The highest BCUT2D eigenvalue weighted by Gasteiger charge is 2.49. The molecule has 28 heavy (non-hydrogen) atoms. The number of carbonyl (C=O) groups is 1. The van der Waals surface area contributed by atoms with Crippen LogP contribution in [0, 0.1) is 0 Å². The van der Waals surface area contributed by atoms with Gasteiger partial charge in [-0.15, -0.1) is 0 Å². The number of nitrogens with zero attached hydrogens (tertiary/aromatic N) is 4. The van der Waals surface area contributed by atoms with E-state index in [9.17, 15) is 4.79 Å². The highest BCUT2D eigenvalue weighted by molar-refractivity contribution is 9.11. The topological polar surface area (TPSA) is 36.0 Å². The number of unbranched alkanes of at least 4 members (excludes halogenated alkanes) is 1. The Kier molecular flexibility index (Phi) is 8.03. The maximum Gasteiger partial charge on any atom is 0.217 e. The fourth-order valence-electron chi connectivity index (χ4n) is 4.43. The van der Waals surface area contributed by atoms with Crippen molar-refractivity contribution in [3.05, 3.63) is 26.6 Å². The van der Waals surface area contributed by atoms with Crippen molar-refractivity contribution in [3.63, 3.8) is 0 Å². The van der Waals surface area contributed by atoms with E-state index in [0.29, 0.717) is 13.2 Å². The van der Waals surface area contributed by atoms with E-state index in [4.69, 9.17) is 4.74 Å². The number of quaternary nitrogens is 1. The summed E-state index contributed by atoms with van der Waals surface area (Å²) in [4.78, 5) is 20.4. The molecule has 4 fully saturated rings. The highest BCUT2D eigenvalue weighted by atomic mass is 79.9. The molecule has 0 aliphatic carbocycles. The Morgan fingerprint density at radius 2 is 1.54 bits per heavy atom. The van der Waals surface area contributed by atoms with E-state index in [1.54, 1.807) is 0 Å². The van der Waals surface area contributed by atoms with Gasteiger partial charge in [0.15, 0.2) is 0 Å². The van der Waals surface area contributed by atoms with Crippen molar-refractivity contribution in [1.29, 1.82) is 0 Å². The van der Waals surface area contributed by atoms with Crippen LogP contribution in [0.5, 0.6) is 5.75 Å². The first-order valence-electron chi connectivity index (χ1n) is 9.21. The van der Waals surface area contributed by atoms with Gasteiger partial charge in [0, 0.05) is 10.9 Å². The number of ether oxygens (including phenoxy) is 1. The zero-order valence-corrected chi connectivity index (χ0v) is 21.9. The van der Waals surface area contributed by atoms with Gasteiger partial charge in [-0.05, 0) is 56.8 Å². The number of Topliss-reactive ketones (excluding diaryl/α,β-unsaturated/α-hetero) is 1. The molecule has 10 heteroatoms. The third kappa shape index (κ3) is 5.01. The molecular weight excluding hydrogens is 624 g/mol. The van der Waals surface area contributed by atoms with E-state index in [-0.39, 0.29) is 22.8 Å². The quantitative estimate of drug-likeness (QED) is 0.178. The number of hydrogen-bond acceptors (Lipinski definition) is 5. The molecule has 0 N–H and O–H groups in total. The first-order chi connectivity index (χ1) is 13.0. The third-order valence-corrected chi connectivity index (χ3v) is 7.01. The average Bonchev–Trinajstić information content (AvgIpc) is 2.58. The molecule has 0 saturated carbocycles. The molecule has 156 valence electrons. The van der Waals surface area contributed by atoms with E-state index in [0.717, 1.165) is 82.9 Å². The minimum absolute atomic E-state index is 0. The molecule has 0 amide bonds. The van der Waals surface area contributed by atoms with Crippen LogP contribution in [0.15, 0.2) is 21.1 Å². The van der Waals surface area contributed by atoms with Crippen molar-refractivity contribution < 1.29 is 31.0 Å². The van der Waals surface area contributed by atoms with E-state index in [1.165, 1.54) is 0 Å². The van der Waals surface area contributed by atoms with Gasteiger partial charge in [0.25, 0.3) is 0 Å². The number of alkyl halides is 1. The average molecular weight is 648 g/mol. The summed E-state index contributed by atoms with van der Waals surface area (Å²) in [6.45, 7) is 7.20. The lowest BCUT2D eigenvalue weighted by Gasteiger charge is -2.60. The predicted octanol–water partition coefficient (Wildman–Crippen LogP) is 0.461. The van der Waals surface area contributed by atoms with Gasteiger partial charge in [0.2, 0.25) is 5.78 Å². The zero-order chi connectivity index (χ0) is 19.0. The zero-order valence-electron chi connectivity index (χ0n) is 15.6. The SMILES string of the molecule is O=C(C[N+]12CN3CN(CN(C3)C1)C2)c1cc(Br)c(OCCCCBr)c(Br)c1.[Br-]. The monoisotopic (exact) mass is 644 g/mol. The number of halogens is 4. The molecule has 4 aliphatic rings. The molecule has 4 aliphatic heterocycles. The van der Waals surface area contributed by atoms with Crippen LogP contribution in [0.4, 0.5) is 0 Å². The maximum absolute atomic E-state index is 13.1. The van der Waals surface area contributed by atoms with Crippen LogP contribution in [0.1, 0.15) is 23.2 Å². The predicted molar refractivity (Wildman–Crippen MR) is 115 cm³/mol. The first kappa shape index (κ1) is 23.1. The molecule has 0 radical (unpaired) electrons. The van der Waals surface area contributed by atoms with Gasteiger partial charge < -0.3 is 21.7 Å². The Bertz CT molecular complexity index is 675. The minimum Gasteiger partial charge on any atom is -1.00 e. The molecule has 5 rings (SSSR count). The Labute approximate surface area is 201 Å². The molecule has 6 nitrogen and oxygen atoms in total. The maximum atomic E-state index is 13.1. The summed E-state index contributed by atoms with van der Waals surface area (Å²) < 4.78 is 8.36. The van der Waals surface area contributed by atoms with Crippen molar-refractivity contribution >= 4 is 53.6 Å². The normalized spacial score (nSPS) is 30.2. The fraction of sp³-hybridized carbons (Fsp3) is 0.611. The minimum atomic E-state index is 0. The first-order valence-corrected chi connectivity index (χ1v) is 11.9. The molecule has 4 heterocycles. The van der Waals surface area contributed by atoms with Crippen molar-refractivity contribution in [3.8, 4) is 5.75 Å². The molecule has 0 aromatic heterocycles. The van der Waals surface area contributed by atoms with E-state index in [2.05, 4.69) is 62.5 Å². The largest absolute Gasteiger partial charge is 1.00 e. The molecule has 4 saturated heterocycles. The van der Waals surface area contributed by atoms with Crippen LogP contribution in [0.25, 0.3) is 0 Å². The van der Waals surface area contributed by atoms with Crippen LogP contribution in [-0.4, -0.2) is 83.5 Å². The number of ketones is 1. The van der Waals surface area contributed by atoms with Crippen LogP contribution in [0.2, 0.25) is 0 Å². The van der Waals surface area contributed by atoms with Gasteiger partial charge in [0.1, 0.15) is 32.3 Å². The summed E-state index contributed by atoms with van der Waals surface area (Å²) in [6.07, 6.45) is 2.07. The molecular formula is C18H24Br4N4O2. The van der Waals surface area contributed by atoms with E-state index < -0.39 is 0 Å². The van der Waals surface area contributed by atoms with Gasteiger partial charge in [0.05, 0.1) is 35.6 Å². The van der Waals surface area contributed by atoms with Gasteiger partial charge in [-0.3, -0.25) is 9.28 Å². The van der Waals surface area contributed by atoms with Gasteiger partial charge >= 0.3 is 0 Å². The number of hydrogen-bond donors (Lipinski definition) is 0. The van der Waals surface area contributed by atoms with Crippen LogP contribution in [-0.2, 0) is 0 Å². The Morgan fingerprint density at radius 1 is 1.00 bits per heavy atom. The smallest absolute Gasteiger partial charge is 0.217 e. The molecule has 1 aromatic rings. The highest BCUT2D eigenvalue weighted by Crippen LogP contribution is 2.36. The van der Waals surface area contributed by atoms with Crippen molar-refractivity contribution in [2.45, 2.75) is 12.8 Å².